The van der Waals surface area contributed by atoms with Gasteiger partial charge in [-0.2, -0.15) is 0 Å². The van der Waals surface area contributed by atoms with Crippen LogP contribution in [0, 0.1) is 13.8 Å². The Hall–Kier alpha value is -3.16. The van der Waals surface area contributed by atoms with E-state index in [4.69, 9.17) is 9.47 Å². The van der Waals surface area contributed by atoms with Crippen molar-refractivity contribution in [2.24, 2.45) is 0 Å². The molecule has 2 aliphatic heterocycles. The number of hydrogen-bond donors (Lipinski definition) is 1. The highest BCUT2D eigenvalue weighted by Crippen LogP contribution is 2.31. The second-order valence-electron chi connectivity index (χ2n) is 8.12. The molecule has 7 heteroatoms. The average Bonchev–Trinajstić information content (AvgIpc) is 3.04. The Labute approximate surface area is 188 Å². The summed E-state index contributed by atoms with van der Waals surface area (Å²) in [4.78, 5) is 30.3. The largest absolute Gasteiger partial charge is 0.497 e. The Bertz CT molecular complexity index is 1040. The third kappa shape index (κ3) is 4.54. The zero-order valence-corrected chi connectivity index (χ0v) is 18.8. The molecule has 0 saturated carbocycles. The molecule has 2 aliphatic rings. The highest BCUT2D eigenvalue weighted by atomic mass is 16.5. The number of anilines is 1. The van der Waals surface area contributed by atoms with Crippen molar-refractivity contribution < 1.29 is 19.1 Å². The number of nitrogens with one attached hydrogen (secondary N) is 1. The molecule has 0 aromatic heterocycles. The van der Waals surface area contributed by atoms with Crippen LogP contribution in [-0.4, -0.2) is 68.1 Å². The Balaban J connectivity index is 1.63. The number of rotatable bonds is 7. The summed E-state index contributed by atoms with van der Waals surface area (Å²) in [5.41, 5.74) is 4.45. The lowest BCUT2D eigenvalue weighted by Crippen LogP contribution is -2.43. The van der Waals surface area contributed by atoms with Gasteiger partial charge in [0, 0.05) is 31.9 Å². The Morgan fingerprint density at radius 3 is 2.31 bits per heavy atom. The molecule has 32 heavy (non-hydrogen) atoms. The summed E-state index contributed by atoms with van der Waals surface area (Å²) >= 11 is 0. The van der Waals surface area contributed by atoms with Crippen LogP contribution >= 0.6 is 0 Å². The van der Waals surface area contributed by atoms with Crippen molar-refractivity contribution >= 4 is 23.1 Å². The van der Waals surface area contributed by atoms with Crippen LogP contribution in [0.4, 0.5) is 5.69 Å². The molecule has 2 aromatic carbocycles. The fourth-order valence-corrected chi connectivity index (χ4v) is 3.95. The molecule has 2 aromatic rings. The monoisotopic (exact) mass is 435 g/mol. The first-order valence-corrected chi connectivity index (χ1v) is 10.9. The van der Waals surface area contributed by atoms with Gasteiger partial charge in [-0.3, -0.25) is 19.4 Å². The van der Waals surface area contributed by atoms with Crippen molar-refractivity contribution in [2.75, 3.05) is 51.8 Å². The summed E-state index contributed by atoms with van der Waals surface area (Å²) in [6.45, 7) is 8.01. The number of methoxy groups -OCH3 is 1. The summed E-state index contributed by atoms with van der Waals surface area (Å²) in [5.74, 6) is 0.117. The van der Waals surface area contributed by atoms with Gasteiger partial charge in [0.25, 0.3) is 11.8 Å². The van der Waals surface area contributed by atoms with E-state index in [0.29, 0.717) is 48.9 Å². The summed E-state index contributed by atoms with van der Waals surface area (Å²) in [6.07, 6.45) is 0. The zero-order valence-electron chi connectivity index (χ0n) is 18.8. The summed E-state index contributed by atoms with van der Waals surface area (Å²) in [5, 5.41) is 3.24. The third-order valence-electron chi connectivity index (χ3n) is 6.07. The van der Waals surface area contributed by atoms with Gasteiger partial charge < -0.3 is 14.8 Å². The van der Waals surface area contributed by atoms with Crippen molar-refractivity contribution in [1.82, 2.24) is 9.80 Å². The van der Waals surface area contributed by atoms with E-state index >= 15 is 0 Å². The van der Waals surface area contributed by atoms with E-state index in [1.807, 2.05) is 44.2 Å². The molecule has 0 unspecified atom stereocenters. The van der Waals surface area contributed by atoms with Gasteiger partial charge >= 0.3 is 0 Å². The fraction of sp³-hybridized carbons (Fsp3) is 0.360. The standard InChI is InChI=1S/C25H29N3O4/c1-17-4-7-20(16-18(17)2)26-23-22(19-5-8-21(31-3)9-6-19)24(29)28(25(23)30)11-10-27-12-14-32-15-13-27/h4-9,16,26H,10-15H2,1-3H3. The lowest BCUT2D eigenvalue weighted by atomic mass is 10.0. The lowest BCUT2D eigenvalue weighted by Gasteiger charge is -2.28. The van der Waals surface area contributed by atoms with Gasteiger partial charge in [0.1, 0.15) is 11.4 Å². The van der Waals surface area contributed by atoms with E-state index in [1.54, 1.807) is 19.2 Å². The van der Waals surface area contributed by atoms with Crippen molar-refractivity contribution in [2.45, 2.75) is 13.8 Å². The van der Waals surface area contributed by atoms with E-state index in [9.17, 15) is 9.59 Å². The Kier molecular flexibility index (Phi) is 6.58. The van der Waals surface area contributed by atoms with E-state index in [0.717, 1.165) is 24.3 Å². The predicted molar refractivity (Wildman–Crippen MR) is 123 cm³/mol. The van der Waals surface area contributed by atoms with Gasteiger partial charge in [0.05, 0.1) is 25.9 Å². The SMILES string of the molecule is COc1ccc(C2=C(Nc3ccc(C)c(C)c3)C(=O)N(CCN3CCOCC3)C2=O)cc1. The van der Waals surface area contributed by atoms with Gasteiger partial charge in [0.15, 0.2) is 0 Å². The molecule has 0 aliphatic carbocycles. The summed E-state index contributed by atoms with van der Waals surface area (Å²) < 4.78 is 10.6. The fourth-order valence-electron chi connectivity index (χ4n) is 3.95. The molecule has 7 nitrogen and oxygen atoms in total. The van der Waals surface area contributed by atoms with Gasteiger partial charge in [0.2, 0.25) is 0 Å². The van der Waals surface area contributed by atoms with Crippen molar-refractivity contribution in [3.05, 3.63) is 64.9 Å². The minimum Gasteiger partial charge on any atom is -0.497 e. The number of imide groups is 1. The molecule has 0 radical (unpaired) electrons. The Morgan fingerprint density at radius 2 is 1.66 bits per heavy atom. The smallest absolute Gasteiger partial charge is 0.278 e. The first kappa shape index (κ1) is 22.0. The first-order chi connectivity index (χ1) is 15.5. The van der Waals surface area contributed by atoms with Crippen LogP contribution in [0.25, 0.3) is 5.57 Å². The number of aryl methyl sites for hydroxylation is 2. The zero-order chi connectivity index (χ0) is 22.7. The maximum Gasteiger partial charge on any atom is 0.278 e. The Morgan fingerprint density at radius 1 is 0.938 bits per heavy atom. The number of morpholine rings is 1. The number of carbonyl (C=O) groups excluding carboxylic acids is 2. The second kappa shape index (κ2) is 9.54. The van der Waals surface area contributed by atoms with E-state index < -0.39 is 0 Å². The van der Waals surface area contributed by atoms with Crippen LogP contribution < -0.4 is 10.1 Å². The van der Waals surface area contributed by atoms with E-state index in [2.05, 4.69) is 10.2 Å². The molecule has 2 heterocycles. The normalized spacial score (nSPS) is 17.3. The lowest BCUT2D eigenvalue weighted by molar-refractivity contribution is -0.137. The average molecular weight is 436 g/mol. The van der Waals surface area contributed by atoms with Gasteiger partial charge in [-0.15, -0.1) is 0 Å². The molecule has 168 valence electrons. The maximum atomic E-state index is 13.4. The number of carbonyl (C=O) groups is 2. The molecular formula is C25H29N3O4. The van der Waals surface area contributed by atoms with Crippen LogP contribution in [0.1, 0.15) is 16.7 Å². The minimum absolute atomic E-state index is 0.278. The molecule has 2 amide bonds. The molecule has 4 rings (SSSR count). The van der Waals surface area contributed by atoms with Gasteiger partial charge in [-0.25, -0.2) is 0 Å². The van der Waals surface area contributed by atoms with Crippen LogP contribution in [0.15, 0.2) is 48.2 Å². The number of amides is 2. The minimum atomic E-state index is -0.299. The number of benzene rings is 2. The van der Waals surface area contributed by atoms with Crippen LogP contribution in [-0.2, 0) is 14.3 Å². The highest BCUT2D eigenvalue weighted by Gasteiger charge is 2.39. The first-order valence-electron chi connectivity index (χ1n) is 10.9. The molecule has 0 spiro atoms. The second-order valence-corrected chi connectivity index (χ2v) is 8.12. The van der Waals surface area contributed by atoms with Gasteiger partial charge in [-0.1, -0.05) is 18.2 Å². The van der Waals surface area contributed by atoms with Crippen molar-refractivity contribution in [3.63, 3.8) is 0 Å². The third-order valence-corrected chi connectivity index (χ3v) is 6.07. The van der Waals surface area contributed by atoms with E-state index in [-0.39, 0.29) is 11.8 Å². The predicted octanol–water partition coefficient (Wildman–Crippen LogP) is 2.84. The molecule has 0 bridgehead atoms. The quantitative estimate of drug-likeness (QED) is 0.675. The molecular weight excluding hydrogens is 406 g/mol. The maximum absolute atomic E-state index is 13.4. The van der Waals surface area contributed by atoms with Crippen molar-refractivity contribution in [1.29, 1.82) is 0 Å². The number of hydrogen-bond acceptors (Lipinski definition) is 6. The highest BCUT2D eigenvalue weighted by molar-refractivity contribution is 6.36. The molecule has 1 N–H and O–H groups in total. The topological polar surface area (TPSA) is 71.1 Å². The van der Waals surface area contributed by atoms with Crippen LogP contribution in [0.3, 0.4) is 0 Å². The number of nitrogens with zero attached hydrogens (tertiary/aromatic N) is 2. The summed E-state index contributed by atoms with van der Waals surface area (Å²) in [7, 11) is 1.60. The molecule has 1 fully saturated rings. The van der Waals surface area contributed by atoms with Crippen LogP contribution in [0.2, 0.25) is 0 Å². The van der Waals surface area contributed by atoms with E-state index in [1.165, 1.54) is 10.5 Å². The summed E-state index contributed by atoms with van der Waals surface area (Å²) in [6, 6.07) is 13.1. The molecule has 0 atom stereocenters. The van der Waals surface area contributed by atoms with Crippen LogP contribution in [0.5, 0.6) is 5.75 Å². The number of ether oxygens (including phenoxy) is 2. The molecule has 1 saturated heterocycles. The van der Waals surface area contributed by atoms with Crippen molar-refractivity contribution in [3.8, 4) is 5.75 Å². The van der Waals surface area contributed by atoms with Gasteiger partial charge in [-0.05, 0) is 54.8 Å².